The van der Waals surface area contributed by atoms with Crippen LogP contribution in [0.3, 0.4) is 0 Å². The van der Waals surface area contributed by atoms with E-state index in [4.69, 9.17) is 0 Å². The maximum Gasteiger partial charge on any atom is 0.125 e. The van der Waals surface area contributed by atoms with E-state index in [1.165, 1.54) is 6.42 Å². The first-order chi connectivity index (χ1) is 5.70. The fourth-order valence-electron chi connectivity index (χ4n) is 1.92. The molecule has 0 aromatic carbocycles. The SMILES string of the molecule is CC#CC1(O)CCC(CC)CC1. The maximum atomic E-state index is 9.91. The zero-order valence-corrected chi connectivity index (χ0v) is 8.06. The summed E-state index contributed by atoms with van der Waals surface area (Å²) >= 11 is 0. The number of hydrogen-bond acceptors (Lipinski definition) is 1. The summed E-state index contributed by atoms with van der Waals surface area (Å²) in [6, 6.07) is 0. The van der Waals surface area contributed by atoms with Crippen LogP contribution < -0.4 is 0 Å². The normalized spacial score (nSPS) is 35.4. The van der Waals surface area contributed by atoms with Crippen LogP contribution in [0, 0.1) is 17.8 Å². The summed E-state index contributed by atoms with van der Waals surface area (Å²) in [4.78, 5) is 0. The van der Waals surface area contributed by atoms with Crippen molar-refractivity contribution >= 4 is 0 Å². The van der Waals surface area contributed by atoms with Crippen molar-refractivity contribution in [2.75, 3.05) is 0 Å². The second-order valence-corrected chi connectivity index (χ2v) is 3.76. The van der Waals surface area contributed by atoms with Gasteiger partial charge in [-0.3, -0.25) is 0 Å². The Morgan fingerprint density at radius 3 is 2.42 bits per heavy atom. The average Bonchev–Trinajstić information content (AvgIpc) is 2.06. The van der Waals surface area contributed by atoms with Crippen molar-refractivity contribution in [3.05, 3.63) is 0 Å². The highest BCUT2D eigenvalue weighted by molar-refractivity contribution is 5.13. The van der Waals surface area contributed by atoms with Crippen molar-refractivity contribution in [3.63, 3.8) is 0 Å². The Kier molecular flexibility index (Phi) is 3.17. The molecule has 0 bridgehead atoms. The average molecular weight is 166 g/mol. The lowest BCUT2D eigenvalue weighted by molar-refractivity contribution is 0.0436. The van der Waals surface area contributed by atoms with E-state index in [9.17, 15) is 5.11 Å². The molecule has 0 aliphatic heterocycles. The monoisotopic (exact) mass is 166 g/mol. The molecule has 1 saturated carbocycles. The second-order valence-electron chi connectivity index (χ2n) is 3.76. The van der Waals surface area contributed by atoms with Gasteiger partial charge in [-0.15, -0.1) is 5.92 Å². The molecule has 0 atom stereocenters. The lowest BCUT2D eigenvalue weighted by atomic mass is 9.78. The van der Waals surface area contributed by atoms with E-state index in [0.717, 1.165) is 31.6 Å². The quantitative estimate of drug-likeness (QED) is 0.593. The smallest absolute Gasteiger partial charge is 0.125 e. The Morgan fingerprint density at radius 1 is 1.42 bits per heavy atom. The molecule has 1 fully saturated rings. The van der Waals surface area contributed by atoms with Gasteiger partial charge >= 0.3 is 0 Å². The van der Waals surface area contributed by atoms with Crippen molar-refractivity contribution in [1.29, 1.82) is 0 Å². The molecule has 12 heavy (non-hydrogen) atoms. The third kappa shape index (κ3) is 2.25. The van der Waals surface area contributed by atoms with Crippen LogP contribution in [0.1, 0.15) is 46.0 Å². The summed E-state index contributed by atoms with van der Waals surface area (Å²) in [7, 11) is 0. The summed E-state index contributed by atoms with van der Waals surface area (Å²) in [6.45, 7) is 4.02. The van der Waals surface area contributed by atoms with Crippen molar-refractivity contribution in [3.8, 4) is 11.8 Å². The molecule has 0 saturated heterocycles. The lowest BCUT2D eigenvalue weighted by Gasteiger charge is -2.31. The molecule has 68 valence electrons. The molecule has 0 unspecified atom stereocenters. The largest absolute Gasteiger partial charge is 0.378 e. The van der Waals surface area contributed by atoms with Gasteiger partial charge in [-0.25, -0.2) is 0 Å². The van der Waals surface area contributed by atoms with E-state index in [1.807, 2.05) is 0 Å². The molecule has 0 heterocycles. The Bertz CT molecular complexity index is 189. The van der Waals surface area contributed by atoms with E-state index in [0.29, 0.717) is 0 Å². The minimum absolute atomic E-state index is 0.652. The van der Waals surface area contributed by atoms with Crippen molar-refractivity contribution in [1.82, 2.24) is 0 Å². The van der Waals surface area contributed by atoms with Crippen molar-refractivity contribution in [2.24, 2.45) is 5.92 Å². The molecule has 1 nitrogen and oxygen atoms in total. The fourth-order valence-corrected chi connectivity index (χ4v) is 1.92. The molecular formula is C11H18O. The molecular weight excluding hydrogens is 148 g/mol. The third-order valence-corrected chi connectivity index (χ3v) is 2.87. The third-order valence-electron chi connectivity index (χ3n) is 2.87. The first-order valence-electron chi connectivity index (χ1n) is 4.86. The first-order valence-corrected chi connectivity index (χ1v) is 4.86. The molecule has 1 N–H and O–H groups in total. The van der Waals surface area contributed by atoms with Gasteiger partial charge in [0.15, 0.2) is 0 Å². The number of hydrogen-bond donors (Lipinski definition) is 1. The van der Waals surface area contributed by atoms with Crippen molar-refractivity contribution in [2.45, 2.75) is 51.6 Å². The van der Waals surface area contributed by atoms with Gasteiger partial charge in [0.1, 0.15) is 5.60 Å². The Morgan fingerprint density at radius 2 is 2.00 bits per heavy atom. The van der Waals surface area contributed by atoms with E-state index in [1.54, 1.807) is 6.92 Å². The minimum Gasteiger partial charge on any atom is -0.378 e. The van der Waals surface area contributed by atoms with E-state index >= 15 is 0 Å². The van der Waals surface area contributed by atoms with Gasteiger partial charge in [0.25, 0.3) is 0 Å². The highest BCUT2D eigenvalue weighted by Gasteiger charge is 2.30. The molecule has 0 aromatic heterocycles. The second kappa shape index (κ2) is 3.96. The van der Waals surface area contributed by atoms with Crippen LogP contribution in [-0.2, 0) is 0 Å². The van der Waals surface area contributed by atoms with Gasteiger partial charge in [0.2, 0.25) is 0 Å². The minimum atomic E-state index is -0.652. The lowest BCUT2D eigenvalue weighted by Crippen LogP contribution is -2.32. The standard InChI is InChI=1S/C11H18O/c1-3-7-11(12)8-5-10(4-2)6-9-11/h10,12H,4-6,8-9H2,1-2H3. The fraction of sp³-hybridized carbons (Fsp3) is 0.818. The first kappa shape index (κ1) is 9.61. The summed E-state index contributed by atoms with van der Waals surface area (Å²) < 4.78 is 0. The van der Waals surface area contributed by atoms with Crippen molar-refractivity contribution < 1.29 is 5.11 Å². The summed E-state index contributed by atoms with van der Waals surface area (Å²) in [5, 5.41) is 9.91. The summed E-state index contributed by atoms with van der Waals surface area (Å²) in [5.41, 5.74) is -0.652. The number of rotatable bonds is 1. The van der Waals surface area contributed by atoms with Crippen LogP contribution in [-0.4, -0.2) is 10.7 Å². The molecule has 1 aliphatic rings. The van der Waals surface area contributed by atoms with Crippen LogP contribution in [0.25, 0.3) is 0 Å². The van der Waals surface area contributed by atoms with Gasteiger partial charge in [0.05, 0.1) is 0 Å². The van der Waals surface area contributed by atoms with Gasteiger partial charge in [-0.2, -0.15) is 0 Å². The van der Waals surface area contributed by atoms with Crippen LogP contribution in [0.2, 0.25) is 0 Å². The van der Waals surface area contributed by atoms with Crippen LogP contribution in [0.4, 0.5) is 0 Å². The molecule has 0 radical (unpaired) electrons. The molecule has 1 aliphatic carbocycles. The summed E-state index contributed by atoms with van der Waals surface area (Å²) in [5.74, 6) is 6.54. The molecule has 0 aromatic rings. The van der Waals surface area contributed by atoms with Gasteiger partial charge in [-0.05, 0) is 38.5 Å². The van der Waals surface area contributed by atoms with E-state index in [-0.39, 0.29) is 0 Å². The van der Waals surface area contributed by atoms with E-state index < -0.39 is 5.60 Å². The number of aliphatic hydroxyl groups is 1. The zero-order chi connectivity index (χ0) is 9.03. The molecule has 0 amide bonds. The highest BCUT2D eigenvalue weighted by atomic mass is 16.3. The highest BCUT2D eigenvalue weighted by Crippen LogP contribution is 2.32. The molecule has 0 spiro atoms. The summed E-state index contributed by atoms with van der Waals surface area (Å²) in [6.07, 6.45) is 5.26. The van der Waals surface area contributed by atoms with Gasteiger partial charge < -0.3 is 5.11 Å². The Hall–Kier alpha value is -0.480. The molecule has 1 heteroatoms. The van der Waals surface area contributed by atoms with Gasteiger partial charge in [0, 0.05) is 0 Å². The topological polar surface area (TPSA) is 20.2 Å². The predicted molar refractivity (Wildman–Crippen MR) is 50.6 cm³/mol. The molecule has 1 rings (SSSR count). The Balaban J connectivity index is 2.47. The van der Waals surface area contributed by atoms with Crippen LogP contribution in [0.5, 0.6) is 0 Å². The predicted octanol–water partition coefficient (Wildman–Crippen LogP) is 2.34. The maximum absolute atomic E-state index is 9.91. The Labute approximate surface area is 75.2 Å². The van der Waals surface area contributed by atoms with Crippen LogP contribution in [0.15, 0.2) is 0 Å². The van der Waals surface area contributed by atoms with E-state index in [2.05, 4.69) is 18.8 Å². The van der Waals surface area contributed by atoms with Crippen LogP contribution >= 0.6 is 0 Å². The van der Waals surface area contributed by atoms with Gasteiger partial charge in [-0.1, -0.05) is 19.3 Å². The zero-order valence-electron chi connectivity index (χ0n) is 8.06.